The van der Waals surface area contributed by atoms with Crippen LogP contribution >= 0.6 is 11.6 Å². The predicted molar refractivity (Wildman–Crippen MR) is 69.7 cm³/mol. The molecule has 1 aromatic rings. The Hall–Kier alpha value is -0.530. The maximum absolute atomic E-state index is 10.4. The highest BCUT2D eigenvalue weighted by Crippen LogP contribution is 2.32. The van der Waals surface area contributed by atoms with Crippen LogP contribution in [0.1, 0.15) is 45.6 Å². The number of halogens is 1. The van der Waals surface area contributed by atoms with Crippen molar-refractivity contribution in [3.05, 3.63) is 34.9 Å². The average Bonchev–Trinajstić information content (AvgIpc) is 2.17. The average molecular weight is 241 g/mol. The van der Waals surface area contributed by atoms with E-state index < -0.39 is 5.60 Å². The number of rotatable bonds is 5. The van der Waals surface area contributed by atoms with Gasteiger partial charge in [-0.05, 0) is 31.7 Å². The molecule has 0 fully saturated rings. The highest BCUT2D eigenvalue weighted by Gasteiger charge is 2.24. The van der Waals surface area contributed by atoms with Crippen LogP contribution in [0.3, 0.4) is 0 Å². The molecule has 2 heteroatoms. The molecule has 16 heavy (non-hydrogen) atoms. The Morgan fingerprint density at radius 3 is 2.50 bits per heavy atom. The van der Waals surface area contributed by atoms with Crippen LogP contribution < -0.4 is 0 Å². The van der Waals surface area contributed by atoms with Gasteiger partial charge in [0.2, 0.25) is 0 Å². The van der Waals surface area contributed by atoms with Gasteiger partial charge in [0.05, 0.1) is 5.60 Å². The van der Waals surface area contributed by atoms with Gasteiger partial charge in [-0.1, -0.05) is 50.1 Å². The van der Waals surface area contributed by atoms with E-state index in [0.717, 1.165) is 24.8 Å². The fraction of sp³-hybridized carbons (Fsp3) is 0.571. The summed E-state index contributed by atoms with van der Waals surface area (Å²) in [5, 5.41) is 11.0. The third kappa shape index (κ3) is 3.80. The molecule has 0 aliphatic rings. The first-order valence-corrected chi connectivity index (χ1v) is 6.28. The molecule has 1 N–H and O–H groups in total. The van der Waals surface area contributed by atoms with E-state index in [0.29, 0.717) is 10.9 Å². The summed E-state index contributed by atoms with van der Waals surface area (Å²) in [6.07, 6.45) is 2.92. The number of hydrogen-bond donors (Lipinski definition) is 1. The summed E-state index contributed by atoms with van der Waals surface area (Å²) >= 11 is 6.09. The summed E-state index contributed by atoms with van der Waals surface area (Å²) < 4.78 is 0. The quantitative estimate of drug-likeness (QED) is 0.810. The zero-order valence-electron chi connectivity index (χ0n) is 10.3. The molecule has 1 rings (SSSR count). The van der Waals surface area contributed by atoms with Crippen molar-refractivity contribution in [3.8, 4) is 0 Å². The SMILES string of the molecule is CC(C)CCCC(C)(O)c1ccccc1Cl. The molecule has 0 aliphatic carbocycles. The second-order valence-corrected chi connectivity index (χ2v) is 5.45. The van der Waals surface area contributed by atoms with Crippen molar-refractivity contribution >= 4 is 11.6 Å². The summed E-state index contributed by atoms with van der Waals surface area (Å²) in [5.41, 5.74) is 0.0215. The molecule has 0 aromatic heterocycles. The Bertz CT molecular complexity index is 331. The van der Waals surface area contributed by atoms with Crippen molar-refractivity contribution in [1.29, 1.82) is 0 Å². The Kier molecular flexibility index (Phi) is 4.82. The molecule has 0 radical (unpaired) electrons. The lowest BCUT2D eigenvalue weighted by Crippen LogP contribution is -2.21. The standard InChI is InChI=1S/C14H21ClO/c1-11(2)7-6-10-14(3,16)12-8-4-5-9-13(12)15/h4-5,8-9,11,16H,6-7,10H2,1-3H3. The second kappa shape index (κ2) is 5.70. The van der Waals surface area contributed by atoms with Crippen LogP contribution in [-0.2, 0) is 5.60 Å². The molecule has 1 atom stereocenters. The van der Waals surface area contributed by atoms with E-state index in [1.54, 1.807) is 0 Å². The lowest BCUT2D eigenvalue weighted by Gasteiger charge is -2.25. The van der Waals surface area contributed by atoms with Gasteiger partial charge in [-0.15, -0.1) is 0 Å². The third-order valence-electron chi connectivity index (χ3n) is 2.90. The number of hydrogen-bond acceptors (Lipinski definition) is 1. The lowest BCUT2D eigenvalue weighted by atomic mass is 9.89. The van der Waals surface area contributed by atoms with Gasteiger partial charge in [0, 0.05) is 10.6 Å². The second-order valence-electron chi connectivity index (χ2n) is 5.04. The number of benzene rings is 1. The molecule has 0 heterocycles. The first-order chi connectivity index (χ1) is 7.43. The van der Waals surface area contributed by atoms with E-state index in [-0.39, 0.29) is 0 Å². The molecule has 0 saturated heterocycles. The smallest absolute Gasteiger partial charge is 0.0882 e. The van der Waals surface area contributed by atoms with E-state index in [9.17, 15) is 5.11 Å². The van der Waals surface area contributed by atoms with Crippen molar-refractivity contribution in [1.82, 2.24) is 0 Å². The van der Waals surface area contributed by atoms with Gasteiger partial charge in [0.1, 0.15) is 0 Å². The summed E-state index contributed by atoms with van der Waals surface area (Å²) in [6.45, 7) is 6.24. The van der Waals surface area contributed by atoms with Crippen molar-refractivity contribution in [2.24, 2.45) is 5.92 Å². The summed E-state index contributed by atoms with van der Waals surface area (Å²) in [6, 6.07) is 7.53. The van der Waals surface area contributed by atoms with Gasteiger partial charge >= 0.3 is 0 Å². The molecule has 1 unspecified atom stereocenters. The maximum Gasteiger partial charge on any atom is 0.0882 e. The van der Waals surface area contributed by atoms with Crippen LogP contribution in [0, 0.1) is 5.92 Å². The van der Waals surface area contributed by atoms with Crippen molar-refractivity contribution < 1.29 is 5.11 Å². The van der Waals surface area contributed by atoms with Crippen LogP contribution in [-0.4, -0.2) is 5.11 Å². The van der Waals surface area contributed by atoms with Crippen molar-refractivity contribution in [3.63, 3.8) is 0 Å². The Morgan fingerprint density at radius 2 is 1.94 bits per heavy atom. The fourth-order valence-corrected chi connectivity index (χ4v) is 2.23. The van der Waals surface area contributed by atoms with Gasteiger partial charge < -0.3 is 5.11 Å². The molecular weight excluding hydrogens is 220 g/mol. The topological polar surface area (TPSA) is 20.2 Å². The molecule has 0 saturated carbocycles. The summed E-state index contributed by atoms with van der Waals surface area (Å²) in [5.74, 6) is 0.682. The maximum atomic E-state index is 10.4. The summed E-state index contributed by atoms with van der Waals surface area (Å²) in [4.78, 5) is 0. The lowest BCUT2D eigenvalue weighted by molar-refractivity contribution is 0.0442. The Morgan fingerprint density at radius 1 is 1.31 bits per heavy atom. The van der Waals surface area contributed by atoms with E-state index in [4.69, 9.17) is 11.6 Å². The molecule has 0 bridgehead atoms. The molecule has 1 aromatic carbocycles. The molecule has 0 spiro atoms. The zero-order valence-corrected chi connectivity index (χ0v) is 11.1. The minimum atomic E-state index is -0.812. The van der Waals surface area contributed by atoms with E-state index >= 15 is 0 Å². The van der Waals surface area contributed by atoms with E-state index in [1.807, 2.05) is 31.2 Å². The summed E-state index contributed by atoms with van der Waals surface area (Å²) in [7, 11) is 0. The minimum Gasteiger partial charge on any atom is -0.385 e. The van der Waals surface area contributed by atoms with Gasteiger partial charge in [-0.3, -0.25) is 0 Å². The van der Waals surface area contributed by atoms with E-state index in [2.05, 4.69) is 13.8 Å². The third-order valence-corrected chi connectivity index (χ3v) is 3.23. The monoisotopic (exact) mass is 240 g/mol. The van der Waals surface area contributed by atoms with Gasteiger partial charge in [0.25, 0.3) is 0 Å². The van der Waals surface area contributed by atoms with Crippen molar-refractivity contribution in [2.45, 2.75) is 45.6 Å². The van der Waals surface area contributed by atoms with Crippen LogP contribution in [0.15, 0.2) is 24.3 Å². The first-order valence-electron chi connectivity index (χ1n) is 5.91. The van der Waals surface area contributed by atoms with Crippen LogP contribution in [0.25, 0.3) is 0 Å². The fourth-order valence-electron chi connectivity index (χ4n) is 1.89. The van der Waals surface area contributed by atoms with Crippen LogP contribution in [0.5, 0.6) is 0 Å². The Labute approximate surface area is 103 Å². The molecule has 1 nitrogen and oxygen atoms in total. The normalized spacial score (nSPS) is 15.1. The Balaban J connectivity index is 2.66. The van der Waals surface area contributed by atoms with E-state index in [1.165, 1.54) is 0 Å². The molecule has 90 valence electrons. The number of aliphatic hydroxyl groups is 1. The predicted octanol–water partition coefficient (Wildman–Crippen LogP) is 4.37. The van der Waals surface area contributed by atoms with Gasteiger partial charge in [0.15, 0.2) is 0 Å². The molecule has 0 aliphatic heterocycles. The van der Waals surface area contributed by atoms with Crippen LogP contribution in [0.4, 0.5) is 0 Å². The molecule has 0 amide bonds. The largest absolute Gasteiger partial charge is 0.385 e. The van der Waals surface area contributed by atoms with Gasteiger partial charge in [-0.25, -0.2) is 0 Å². The van der Waals surface area contributed by atoms with Crippen molar-refractivity contribution in [2.75, 3.05) is 0 Å². The first kappa shape index (κ1) is 13.5. The molecular formula is C14H21ClO. The minimum absolute atomic E-state index is 0.650. The highest BCUT2D eigenvalue weighted by molar-refractivity contribution is 6.31. The zero-order chi connectivity index (χ0) is 12.2. The van der Waals surface area contributed by atoms with Crippen LogP contribution in [0.2, 0.25) is 5.02 Å². The highest BCUT2D eigenvalue weighted by atomic mass is 35.5. The van der Waals surface area contributed by atoms with Gasteiger partial charge in [-0.2, -0.15) is 0 Å².